The zero-order valence-electron chi connectivity index (χ0n) is 14.2. The molecule has 0 radical (unpaired) electrons. The first-order valence-corrected chi connectivity index (χ1v) is 8.55. The normalized spacial score (nSPS) is 18.5. The van der Waals surface area contributed by atoms with Crippen molar-refractivity contribution in [3.8, 4) is 5.75 Å². The topological polar surface area (TPSA) is 53.0 Å². The molecule has 1 aromatic carbocycles. The Kier molecular flexibility index (Phi) is 6.86. The molecule has 0 bridgehead atoms. The van der Waals surface area contributed by atoms with E-state index in [0.717, 1.165) is 50.3 Å². The van der Waals surface area contributed by atoms with Crippen molar-refractivity contribution in [2.24, 2.45) is 0 Å². The van der Waals surface area contributed by atoms with Crippen molar-refractivity contribution in [2.75, 3.05) is 32.8 Å². The molecule has 0 aliphatic carbocycles. The first-order chi connectivity index (χ1) is 11.1. The number of likely N-dealkylation sites (tertiary alicyclic amines) is 1. The molecule has 1 aliphatic heterocycles. The molecule has 1 saturated heterocycles. The second-order valence-corrected chi connectivity index (χ2v) is 5.99. The van der Waals surface area contributed by atoms with E-state index in [0.29, 0.717) is 13.2 Å². The van der Waals surface area contributed by atoms with Crippen molar-refractivity contribution in [3.63, 3.8) is 0 Å². The number of likely N-dealkylation sites (N-methyl/N-ethyl adjacent to an activating group) is 1. The van der Waals surface area contributed by atoms with Crippen molar-refractivity contribution in [1.29, 1.82) is 0 Å². The Balaban J connectivity index is 1.88. The van der Waals surface area contributed by atoms with E-state index in [9.17, 15) is 9.90 Å². The summed E-state index contributed by atoms with van der Waals surface area (Å²) in [4.78, 5) is 15.6. The van der Waals surface area contributed by atoms with Crippen LogP contribution in [0.1, 0.15) is 32.3 Å². The zero-order valence-corrected chi connectivity index (χ0v) is 14.2. The van der Waals surface area contributed by atoms with E-state index in [1.807, 2.05) is 29.2 Å². The number of carboxylic acid groups (broad SMARTS) is 1. The molecule has 0 saturated carbocycles. The van der Waals surface area contributed by atoms with Gasteiger partial charge in [-0.1, -0.05) is 26.0 Å². The smallest absolute Gasteiger partial charge is 0.320 e. The monoisotopic (exact) mass is 320 g/mol. The molecule has 1 fully saturated rings. The van der Waals surface area contributed by atoms with E-state index >= 15 is 0 Å². The number of hydrogen-bond donors (Lipinski definition) is 1. The van der Waals surface area contributed by atoms with Gasteiger partial charge in [-0.3, -0.25) is 9.69 Å². The number of rotatable bonds is 9. The zero-order chi connectivity index (χ0) is 16.7. The Labute approximate surface area is 138 Å². The highest BCUT2D eigenvalue weighted by atomic mass is 16.5. The third-order valence-electron chi connectivity index (χ3n) is 4.50. The summed E-state index contributed by atoms with van der Waals surface area (Å²) in [6.07, 6.45) is 1.70. The van der Waals surface area contributed by atoms with E-state index in [-0.39, 0.29) is 6.04 Å². The minimum atomic E-state index is -0.714. The van der Waals surface area contributed by atoms with Crippen molar-refractivity contribution >= 4 is 5.97 Å². The van der Waals surface area contributed by atoms with Crippen LogP contribution >= 0.6 is 0 Å². The fourth-order valence-electron chi connectivity index (χ4n) is 3.10. The molecule has 0 spiro atoms. The van der Waals surface area contributed by atoms with Crippen LogP contribution in [0.15, 0.2) is 24.3 Å². The molecule has 1 atom stereocenters. The highest BCUT2D eigenvalue weighted by Gasteiger charge is 2.30. The van der Waals surface area contributed by atoms with Gasteiger partial charge in [-0.05, 0) is 50.2 Å². The number of carboxylic acids is 1. The lowest BCUT2D eigenvalue weighted by molar-refractivity contribution is -0.142. The molecule has 0 amide bonds. The summed E-state index contributed by atoms with van der Waals surface area (Å²) in [6, 6.07) is 7.66. The van der Waals surface area contributed by atoms with E-state index in [2.05, 4.69) is 18.7 Å². The quantitative estimate of drug-likeness (QED) is 0.757. The van der Waals surface area contributed by atoms with Gasteiger partial charge in [0.25, 0.3) is 0 Å². The van der Waals surface area contributed by atoms with E-state index in [1.165, 1.54) is 0 Å². The lowest BCUT2D eigenvalue weighted by Gasteiger charge is -2.21. The second-order valence-electron chi connectivity index (χ2n) is 5.99. The Morgan fingerprint density at radius 1 is 1.39 bits per heavy atom. The molecule has 128 valence electrons. The number of hydrogen-bond acceptors (Lipinski definition) is 4. The average molecular weight is 320 g/mol. The lowest BCUT2D eigenvalue weighted by Crippen LogP contribution is -2.35. The fourth-order valence-corrected chi connectivity index (χ4v) is 3.10. The largest absolute Gasteiger partial charge is 0.492 e. The number of aliphatic carboxylic acids is 1. The molecule has 5 nitrogen and oxygen atoms in total. The molecule has 1 aromatic rings. The van der Waals surface area contributed by atoms with E-state index < -0.39 is 5.97 Å². The minimum Gasteiger partial charge on any atom is -0.492 e. The van der Waals surface area contributed by atoms with Crippen LogP contribution in [0.2, 0.25) is 0 Å². The van der Waals surface area contributed by atoms with Crippen LogP contribution in [0.25, 0.3) is 0 Å². The molecule has 2 rings (SSSR count). The van der Waals surface area contributed by atoms with Crippen molar-refractivity contribution in [2.45, 2.75) is 39.3 Å². The number of nitrogens with zero attached hydrogens (tertiary/aromatic N) is 2. The van der Waals surface area contributed by atoms with Crippen LogP contribution in [0, 0.1) is 0 Å². The summed E-state index contributed by atoms with van der Waals surface area (Å²) in [5.74, 6) is 0.148. The molecule has 1 heterocycles. The molecular weight excluding hydrogens is 292 g/mol. The minimum absolute atomic E-state index is 0.345. The summed E-state index contributed by atoms with van der Waals surface area (Å²) in [7, 11) is 0. The number of benzene rings is 1. The van der Waals surface area contributed by atoms with Crippen LogP contribution in [-0.2, 0) is 11.3 Å². The van der Waals surface area contributed by atoms with E-state index in [1.54, 1.807) is 0 Å². The predicted octanol–water partition coefficient (Wildman–Crippen LogP) is 2.46. The van der Waals surface area contributed by atoms with Crippen LogP contribution in [0.4, 0.5) is 0 Å². The number of carbonyl (C=O) groups is 1. The maximum Gasteiger partial charge on any atom is 0.320 e. The van der Waals surface area contributed by atoms with Gasteiger partial charge in [0.05, 0.1) is 0 Å². The highest BCUT2D eigenvalue weighted by Crippen LogP contribution is 2.22. The maximum atomic E-state index is 11.3. The number of ether oxygens (including phenoxy) is 1. The van der Waals surface area contributed by atoms with Gasteiger partial charge in [-0.25, -0.2) is 0 Å². The third kappa shape index (κ3) is 5.22. The molecule has 1 N–H and O–H groups in total. The fraction of sp³-hybridized carbons (Fsp3) is 0.611. The second kappa shape index (κ2) is 8.89. The summed E-state index contributed by atoms with van der Waals surface area (Å²) in [5, 5.41) is 9.26. The standard InChI is InChI=1S/C18H28N2O3/c1-3-19(4-2)11-12-23-16-8-5-7-15(13-16)14-20-10-6-9-17(20)18(21)22/h5,7-8,13,17H,3-4,6,9-12,14H2,1-2H3,(H,21,22). The van der Waals surface area contributed by atoms with Crippen molar-refractivity contribution in [1.82, 2.24) is 9.80 Å². The Hall–Kier alpha value is -1.59. The highest BCUT2D eigenvalue weighted by molar-refractivity contribution is 5.73. The summed E-state index contributed by atoms with van der Waals surface area (Å²) in [5.41, 5.74) is 1.11. The van der Waals surface area contributed by atoms with Gasteiger partial charge in [0.15, 0.2) is 0 Å². The van der Waals surface area contributed by atoms with Crippen LogP contribution in [-0.4, -0.2) is 59.7 Å². The molecule has 5 heteroatoms. The molecule has 23 heavy (non-hydrogen) atoms. The third-order valence-corrected chi connectivity index (χ3v) is 4.50. The summed E-state index contributed by atoms with van der Waals surface area (Å²) in [6.45, 7) is 9.49. The van der Waals surface area contributed by atoms with Gasteiger partial charge < -0.3 is 14.7 Å². The summed E-state index contributed by atoms with van der Waals surface area (Å²) >= 11 is 0. The Bertz CT molecular complexity index is 503. The van der Waals surface area contributed by atoms with Gasteiger partial charge in [0.2, 0.25) is 0 Å². The van der Waals surface area contributed by atoms with E-state index in [4.69, 9.17) is 4.74 Å². The van der Waals surface area contributed by atoms with Gasteiger partial charge >= 0.3 is 5.97 Å². The Morgan fingerprint density at radius 3 is 2.87 bits per heavy atom. The Morgan fingerprint density at radius 2 is 2.17 bits per heavy atom. The van der Waals surface area contributed by atoms with Gasteiger partial charge in [0.1, 0.15) is 18.4 Å². The first-order valence-electron chi connectivity index (χ1n) is 8.55. The maximum absolute atomic E-state index is 11.3. The van der Waals surface area contributed by atoms with Gasteiger partial charge in [0, 0.05) is 13.1 Å². The van der Waals surface area contributed by atoms with Crippen molar-refractivity contribution < 1.29 is 14.6 Å². The van der Waals surface area contributed by atoms with Crippen LogP contribution in [0.3, 0.4) is 0 Å². The molecule has 0 aromatic heterocycles. The molecule has 1 unspecified atom stereocenters. The first kappa shape index (κ1) is 17.8. The van der Waals surface area contributed by atoms with Gasteiger partial charge in [-0.15, -0.1) is 0 Å². The lowest BCUT2D eigenvalue weighted by atomic mass is 10.1. The SMILES string of the molecule is CCN(CC)CCOc1cccc(CN2CCCC2C(=O)O)c1. The van der Waals surface area contributed by atoms with Crippen molar-refractivity contribution in [3.05, 3.63) is 29.8 Å². The summed E-state index contributed by atoms with van der Waals surface area (Å²) < 4.78 is 5.84. The molecule has 1 aliphatic rings. The van der Waals surface area contributed by atoms with Crippen LogP contribution in [0.5, 0.6) is 5.75 Å². The predicted molar refractivity (Wildman–Crippen MR) is 90.8 cm³/mol. The van der Waals surface area contributed by atoms with Crippen LogP contribution < -0.4 is 4.74 Å². The molecular formula is C18H28N2O3. The average Bonchev–Trinajstić information content (AvgIpc) is 3.00. The van der Waals surface area contributed by atoms with Gasteiger partial charge in [-0.2, -0.15) is 0 Å².